The van der Waals surface area contributed by atoms with Crippen LogP contribution in [0.4, 0.5) is 5.82 Å². The van der Waals surface area contributed by atoms with Crippen molar-refractivity contribution >= 4 is 16.6 Å². The Morgan fingerprint density at radius 1 is 1.29 bits per heavy atom. The van der Waals surface area contributed by atoms with Crippen LogP contribution in [0.15, 0.2) is 30.3 Å². The molecule has 0 spiro atoms. The van der Waals surface area contributed by atoms with E-state index in [0.717, 1.165) is 18.1 Å². The highest BCUT2D eigenvalue weighted by Gasteiger charge is 2.31. The first-order chi connectivity index (χ1) is 10.2. The summed E-state index contributed by atoms with van der Waals surface area (Å²) < 4.78 is 0. The van der Waals surface area contributed by atoms with E-state index in [9.17, 15) is 5.11 Å². The SMILES string of the molecule is CC(C)CCN(c1nc(CO)cc2ccccc12)C1CC1. The highest BCUT2D eigenvalue weighted by Crippen LogP contribution is 2.35. The molecule has 0 amide bonds. The lowest BCUT2D eigenvalue weighted by atomic mass is 10.1. The molecule has 1 saturated carbocycles. The molecular formula is C18H24N2O. The quantitative estimate of drug-likeness (QED) is 0.878. The van der Waals surface area contributed by atoms with E-state index in [0.29, 0.717) is 12.0 Å². The molecule has 21 heavy (non-hydrogen) atoms. The fourth-order valence-electron chi connectivity index (χ4n) is 2.78. The van der Waals surface area contributed by atoms with E-state index in [-0.39, 0.29) is 6.61 Å². The molecule has 1 aromatic carbocycles. The number of aliphatic hydroxyl groups excluding tert-OH is 1. The van der Waals surface area contributed by atoms with Gasteiger partial charge in [0.2, 0.25) is 0 Å². The van der Waals surface area contributed by atoms with E-state index in [1.807, 2.05) is 12.1 Å². The molecule has 2 aromatic rings. The molecule has 1 aliphatic rings. The van der Waals surface area contributed by atoms with Crippen LogP contribution < -0.4 is 4.90 Å². The summed E-state index contributed by atoms with van der Waals surface area (Å²) in [5.74, 6) is 1.75. The third-order valence-corrected chi connectivity index (χ3v) is 4.14. The molecular weight excluding hydrogens is 260 g/mol. The van der Waals surface area contributed by atoms with Gasteiger partial charge in [-0.15, -0.1) is 0 Å². The van der Waals surface area contributed by atoms with Crippen molar-refractivity contribution in [2.24, 2.45) is 5.92 Å². The van der Waals surface area contributed by atoms with E-state index in [2.05, 4.69) is 36.9 Å². The van der Waals surface area contributed by atoms with Crippen molar-refractivity contribution in [3.05, 3.63) is 36.0 Å². The van der Waals surface area contributed by atoms with Gasteiger partial charge in [0.15, 0.2) is 0 Å². The summed E-state index contributed by atoms with van der Waals surface area (Å²) in [5, 5.41) is 11.9. The van der Waals surface area contributed by atoms with E-state index < -0.39 is 0 Å². The zero-order chi connectivity index (χ0) is 14.8. The van der Waals surface area contributed by atoms with E-state index >= 15 is 0 Å². The summed E-state index contributed by atoms with van der Waals surface area (Å²) >= 11 is 0. The summed E-state index contributed by atoms with van der Waals surface area (Å²) in [4.78, 5) is 7.19. The normalized spacial score (nSPS) is 14.9. The van der Waals surface area contributed by atoms with Gasteiger partial charge in [-0.2, -0.15) is 0 Å². The van der Waals surface area contributed by atoms with Gasteiger partial charge in [0.1, 0.15) is 5.82 Å². The van der Waals surface area contributed by atoms with Crippen molar-refractivity contribution in [3.8, 4) is 0 Å². The molecule has 3 heteroatoms. The Hall–Kier alpha value is -1.61. The zero-order valence-corrected chi connectivity index (χ0v) is 12.9. The molecule has 1 heterocycles. The van der Waals surface area contributed by atoms with Crippen LogP contribution in [-0.4, -0.2) is 22.7 Å². The topological polar surface area (TPSA) is 36.4 Å². The predicted octanol–water partition coefficient (Wildman–Crippen LogP) is 3.74. The largest absolute Gasteiger partial charge is 0.390 e. The Bertz CT molecular complexity index is 620. The summed E-state index contributed by atoms with van der Waals surface area (Å²) in [6, 6.07) is 11.0. The highest BCUT2D eigenvalue weighted by molar-refractivity contribution is 5.92. The smallest absolute Gasteiger partial charge is 0.137 e. The minimum absolute atomic E-state index is 0.000517. The minimum atomic E-state index is 0.000517. The van der Waals surface area contributed by atoms with Crippen LogP contribution in [0.2, 0.25) is 0 Å². The number of fused-ring (bicyclic) bond motifs is 1. The second-order valence-corrected chi connectivity index (χ2v) is 6.42. The molecule has 0 bridgehead atoms. The fourth-order valence-corrected chi connectivity index (χ4v) is 2.78. The Labute approximate surface area is 126 Å². The summed E-state index contributed by atoms with van der Waals surface area (Å²) in [7, 11) is 0. The van der Waals surface area contributed by atoms with Crippen molar-refractivity contribution in [1.82, 2.24) is 4.98 Å². The van der Waals surface area contributed by atoms with Crippen LogP contribution in [-0.2, 0) is 6.61 Å². The molecule has 0 saturated heterocycles. The molecule has 3 nitrogen and oxygen atoms in total. The van der Waals surface area contributed by atoms with Crippen molar-refractivity contribution in [2.45, 2.75) is 45.8 Å². The average Bonchev–Trinajstić information content (AvgIpc) is 3.31. The van der Waals surface area contributed by atoms with Crippen LogP contribution in [0.1, 0.15) is 38.8 Å². The second kappa shape index (κ2) is 6.02. The van der Waals surface area contributed by atoms with Crippen LogP contribution in [0.3, 0.4) is 0 Å². The molecule has 1 N–H and O–H groups in total. The average molecular weight is 284 g/mol. The number of nitrogens with zero attached hydrogens (tertiary/aromatic N) is 2. The minimum Gasteiger partial charge on any atom is -0.390 e. The number of rotatable bonds is 6. The van der Waals surface area contributed by atoms with Gasteiger partial charge in [-0.25, -0.2) is 4.98 Å². The molecule has 0 unspecified atom stereocenters. The van der Waals surface area contributed by atoms with E-state index in [1.165, 1.54) is 30.0 Å². The summed E-state index contributed by atoms with van der Waals surface area (Å²) in [5.41, 5.74) is 0.763. The predicted molar refractivity (Wildman–Crippen MR) is 87.5 cm³/mol. The number of pyridine rings is 1. The molecule has 3 rings (SSSR count). The number of aromatic nitrogens is 1. The number of hydrogen-bond donors (Lipinski definition) is 1. The first-order valence-corrected chi connectivity index (χ1v) is 7.95. The van der Waals surface area contributed by atoms with Crippen molar-refractivity contribution in [2.75, 3.05) is 11.4 Å². The third-order valence-electron chi connectivity index (χ3n) is 4.14. The van der Waals surface area contributed by atoms with Crippen LogP contribution in [0, 0.1) is 5.92 Å². The van der Waals surface area contributed by atoms with Crippen LogP contribution in [0.25, 0.3) is 10.8 Å². The number of benzene rings is 1. The van der Waals surface area contributed by atoms with Gasteiger partial charge in [0.05, 0.1) is 12.3 Å². The maximum atomic E-state index is 9.49. The molecule has 112 valence electrons. The van der Waals surface area contributed by atoms with Gasteiger partial charge in [-0.3, -0.25) is 0 Å². The monoisotopic (exact) mass is 284 g/mol. The first kappa shape index (κ1) is 14.3. The molecule has 0 radical (unpaired) electrons. The highest BCUT2D eigenvalue weighted by atomic mass is 16.3. The molecule has 1 aromatic heterocycles. The van der Waals surface area contributed by atoms with Gasteiger partial charge in [0, 0.05) is 18.0 Å². The van der Waals surface area contributed by atoms with Crippen molar-refractivity contribution in [3.63, 3.8) is 0 Å². The van der Waals surface area contributed by atoms with E-state index in [1.54, 1.807) is 0 Å². The molecule has 0 atom stereocenters. The lowest BCUT2D eigenvalue weighted by molar-refractivity contribution is 0.277. The number of aliphatic hydroxyl groups is 1. The van der Waals surface area contributed by atoms with Gasteiger partial charge in [0.25, 0.3) is 0 Å². The molecule has 0 aliphatic heterocycles. The van der Waals surface area contributed by atoms with Gasteiger partial charge in [-0.1, -0.05) is 38.1 Å². The standard InChI is InChI=1S/C18H24N2O/c1-13(2)9-10-20(16-7-8-16)18-17-6-4-3-5-14(17)11-15(12-21)19-18/h3-6,11,13,16,21H,7-10,12H2,1-2H3. The Kier molecular flexibility index (Phi) is 4.11. The Morgan fingerprint density at radius 2 is 2.05 bits per heavy atom. The van der Waals surface area contributed by atoms with Crippen molar-refractivity contribution in [1.29, 1.82) is 0 Å². The van der Waals surface area contributed by atoms with Crippen molar-refractivity contribution < 1.29 is 5.11 Å². The third kappa shape index (κ3) is 3.18. The maximum absolute atomic E-state index is 9.49. The fraction of sp³-hybridized carbons (Fsp3) is 0.500. The van der Waals surface area contributed by atoms with Crippen LogP contribution in [0.5, 0.6) is 0 Å². The lowest BCUT2D eigenvalue weighted by Crippen LogP contribution is -2.29. The number of hydrogen-bond acceptors (Lipinski definition) is 3. The van der Waals surface area contributed by atoms with Gasteiger partial charge < -0.3 is 10.0 Å². The van der Waals surface area contributed by atoms with Crippen LogP contribution >= 0.6 is 0 Å². The lowest BCUT2D eigenvalue weighted by Gasteiger charge is -2.26. The van der Waals surface area contributed by atoms with E-state index in [4.69, 9.17) is 4.98 Å². The van der Waals surface area contributed by atoms with Gasteiger partial charge in [-0.05, 0) is 36.6 Å². The summed E-state index contributed by atoms with van der Waals surface area (Å²) in [6.45, 7) is 5.58. The Morgan fingerprint density at radius 3 is 2.71 bits per heavy atom. The summed E-state index contributed by atoms with van der Waals surface area (Å²) in [6.07, 6.45) is 3.70. The zero-order valence-electron chi connectivity index (χ0n) is 12.9. The second-order valence-electron chi connectivity index (χ2n) is 6.42. The number of anilines is 1. The molecule has 1 fully saturated rings. The van der Waals surface area contributed by atoms with Gasteiger partial charge >= 0.3 is 0 Å². The molecule has 1 aliphatic carbocycles. The first-order valence-electron chi connectivity index (χ1n) is 7.95. The Balaban J connectivity index is 2.02. The maximum Gasteiger partial charge on any atom is 0.137 e.